The van der Waals surface area contributed by atoms with Crippen LogP contribution < -0.4 is 20.5 Å². The topological polar surface area (TPSA) is 140 Å². The lowest BCUT2D eigenvalue weighted by atomic mass is 10.2. The van der Waals surface area contributed by atoms with E-state index in [1.54, 1.807) is 9.03 Å². The molecule has 0 fully saturated rings. The number of hydrogen-bond acceptors (Lipinski definition) is 8. The van der Waals surface area contributed by atoms with Crippen molar-refractivity contribution in [1.82, 2.24) is 24.5 Å². The smallest absolute Gasteiger partial charge is 0.260 e. The molecule has 36 heavy (non-hydrogen) atoms. The molecule has 0 atom stereocenters. The Labute approximate surface area is 207 Å². The number of pyridine rings is 2. The zero-order valence-corrected chi connectivity index (χ0v) is 20.1. The molecule has 11 heteroatoms. The number of nitrogens with two attached hydrogens (primary N) is 1. The minimum absolute atomic E-state index is 0.116. The number of rotatable bonds is 8. The molecule has 0 saturated heterocycles. The Morgan fingerprint density at radius 1 is 0.861 bits per heavy atom. The van der Waals surface area contributed by atoms with Crippen LogP contribution in [0.25, 0.3) is 11.0 Å². The Balaban J connectivity index is 1.58. The summed E-state index contributed by atoms with van der Waals surface area (Å²) >= 11 is 0. The molecule has 0 saturated carbocycles. The predicted molar refractivity (Wildman–Crippen MR) is 139 cm³/mol. The normalized spacial score (nSPS) is 16.1. The Hall–Kier alpha value is -4.67. The molecule has 11 nitrogen and oxygen atoms in total. The number of aliphatic imine (C=N–C) groups is 2. The molecule has 0 aliphatic carbocycles. The Morgan fingerprint density at radius 3 is 1.92 bits per heavy atom. The molecule has 0 radical (unpaired) electrons. The first kappa shape index (κ1) is 23.1. The molecule has 1 aliphatic heterocycles. The van der Waals surface area contributed by atoms with E-state index in [0.717, 1.165) is 23.9 Å². The summed E-state index contributed by atoms with van der Waals surface area (Å²) in [5.74, 6) is 1.42. The van der Waals surface area contributed by atoms with Crippen molar-refractivity contribution in [3.05, 3.63) is 60.6 Å². The zero-order valence-electron chi connectivity index (χ0n) is 20.1. The Bertz CT molecular complexity index is 1530. The highest BCUT2D eigenvalue weighted by Crippen LogP contribution is 2.34. The van der Waals surface area contributed by atoms with E-state index in [0.29, 0.717) is 47.9 Å². The summed E-state index contributed by atoms with van der Waals surface area (Å²) in [6.07, 6.45) is 6.84. The molecule has 184 valence electrons. The van der Waals surface area contributed by atoms with Gasteiger partial charge in [0.05, 0.1) is 35.7 Å². The van der Waals surface area contributed by atoms with Gasteiger partial charge in [-0.3, -0.25) is 5.41 Å². The maximum atomic E-state index is 8.49. The average Bonchev–Trinajstić information content (AvgIpc) is 3.42. The lowest BCUT2D eigenvalue weighted by Crippen LogP contribution is -2.42. The molecule has 4 aromatic rings. The summed E-state index contributed by atoms with van der Waals surface area (Å²) in [6.45, 7) is 5.06. The van der Waals surface area contributed by atoms with E-state index in [-0.39, 0.29) is 11.5 Å². The van der Waals surface area contributed by atoms with Crippen LogP contribution >= 0.6 is 0 Å². The van der Waals surface area contributed by atoms with Gasteiger partial charge in [0.15, 0.2) is 23.0 Å². The first-order valence-electron chi connectivity index (χ1n) is 11.8. The molecule has 4 aromatic heterocycles. The Morgan fingerprint density at radius 2 is 1.39 bits per heavy atom. The van der Waals surface area contributed by atoms with Crippen molar-refractivity contribution in [3.63, 3.8) is 0 Å². The van der Waals surface area contributed by atoms with E-state index >= 15 is 0 Å². The fraction of sp³-hybridized carbons (Fsp3) is 0.240. The highest BCUT2D eigenvalue weighted by atomic mass is 16.5. The van der Waals surface area contributed by atoms with Gasteiger partial charge in [-0.25, -0.2) is 19.0 Å². The van der Waals surface area contributed by atoms with Gasteiger partial charge in [-0.15, -0.1) is 10.2 Å². The second kappa shape index (κ2) is 9.90. The van der Waals surface area contributed by atoms with Crippen molar-refractivity contribution in [2.45, 2.75) is 26.7 Å². The minimum atomic E-state index is 0.116. The molecular weight excluding hydrogens is 458 g/mol. The number of ether oxygens (including phenoxy) is 2. The van der Waals surface area contributed by atoms with Crippen molar-refractivity contribution < 1.29 is 9.47 Å². The monoisotopic (exact) mass is 485 g/mol. The minimum Gasteiger partial charge on any atom is -0.475 e. The first-order valence-corrected chi connectivity index (χ1v) is 11.8. The van der Waals surface area contributed by atoms with Crippen LogP contribution in [-0.2, 0) is 0 Å². The van der Waals surface area contributed by atoms with E-state index in [4.69, 9.17) is 30.6 Å². The molecule has 0 unspecified atom stereocenters. The summed E-state index contributed by atoms with van der Waals surface area (Å²) in [4.78, 5) is 9.49. The maximum Gasteiger partial charge on any atom is 0.260 e. The van der Waals surface area contributed by atoms with Crippen LogP contribution in [0.5, 0.6) is 11.8 Å². The first-order chi connectivity index (χ1) is 17.6. The molecule has 0 spiro atoms. The van der Waals surface area contributed by atoms with Gasteiger partial charge < -0.3 is 20.5 Å². The van der Waals surface area contributed by atoms with E-state index in [1.165, 1.54) is 6.08 Å². The van der Waals surface area contributed by atoms with E-state index in [2.05, 4.69) is 15.5 Å². The van der Waals surface area contributed by atoms with Crippen molar-refractivity contribution in [1.29, 1.82) is 5.41 Å². The summed E-state index contributed by atoms with van der Waals surface area (Å²) in [7, 11) is 0. The quantitative estimate of drug-likeness (QED) is 0.347. The third-order valence-corrected chi connectivity index (χ3v) is 5.36. The van der Waals surface area contributed by atoms with Crippen LogP contribution in [0, 0.1) is 5.41 Å². The van der Waals surface area contributed by atoms with Crippen molar-refractivity contribution in [2.75, 3.05) is 13.2 Å². The third kappa shape index (κ3) is 4.38. The van der Waals surface area contributed by atoms with Gasteiger partial charge in [-0.2, -0.15) is 0 Å². The van der Waals surface area contributed by atoms with Gasteiger partial charge in [0.25, 0.3) is 11.8 Å². The average molecular weight is 486 g/mol. The van der Waals surface area contributed by atoms with Crippen LogP contribution in [0.15, 0.2) is 70.5 Å². The van der Waals surface area contributed by atoms with Crippen LogP contribution in [-0.4, -0.2) is 49.8 Å². The molecule has 1 aliphatic rings. The van der Waals surface area contributed by atoms with Crippen LogP contribution in [0.4, 0.5) is 11.4 Å². The second-order valence-electron chi connectivity index (χ2n) is 8.12. The number of fused-ring (bicyclic) bond motifs is 2. The molecule has 5 rings (SSSR count). The van der Waals surface area contributed by atoms with Crippen molar-refractivity contribution in [2.24, 2.45) is 15.7 Å². The number of hydrogen-bond donors (Lipinski definition) is 3. The van der Waals surface area contributed by atoms with Crippen LogP contribution in [0.1, 0.15) is 26.7 Å². The fourth-order valence-corrected chi connectivity index (χ4v) is 3.68. The van der Waals surface area contributed by atoms with E-state index in [9.17, 15) is 0 Å². The van der Waals surface area contributed by atoms with Gasteiger partial charge in [0.1, 0.15) is 0 Å². The standard InChI is InChI=1S/C25H27N9O2/c1-3-13-35-24-20(18-9-5-7-11-33(18)31-24)28-22-16(26)15-17(27)23(30-22)29-21-19-10-6-8-12-34(19)32-25(21)36-14-4-2/h5-12,15,26H,3-4,13-14,27H2,1-2H3,(H,28,29,30). The van der Waals surface area contributed by atoms with Crippen molar-refractivity contribution >= 4 is 39.8 Å². The van der Waals surface area contributed by atoms with Gasteiger partial charge in [0, 0.05) is 12.4 Å². The zero-order chi connectivity index (χ0) is 25.1. The summed E-state index contributed by atoms with van der Waals surface area (Å²) in [6, 6.07) is 11.4. The summed E-state index contributed by atoms with van der Waals surface area (Å²) < 4.78 is 15.1. The lowest BCUT2D eigenvalue weighted by Gasteiger charge is -2.17. The Kier molecular flexibility index (Phi) is 6.35. The number of nitrogens with zero attached hydrogens (tertiary/aromatic N) is 6. The van der Waals surface area contributed by atoms with Crippen LogP contribution in [0.2, 0.25) is 0 Å². The van der Waals surface area contributed by atoms with Crippen LogP contribution in [0.3, 0.4) is 0 Å². The molecule has 0 aromatic carbocycles. The van der Waals surface area contributed by atoms with Gasteiger partial charge in [0.2, 0.25) is 0 Å². The molecule has 5 heterocycles. The summed E-state index contributed by atoms with van der Waals surface area (Å²) in [5.41, 5.74) is 9.27. The van der Waals surface area contributed by atoms with Gasteiger partial charge >= 0.3 is 0 Å². The summed E-state index contributed by atoms with van der Waals surface area (Å²) in [5, 5.41) is 20.6. The second-order valence-corrected chi connectivity index (χ2v) is 8.12. The SMILES string of the molecule is CCCOc1nn2ccccc2c1/N=C1\N/C(=N\c2c(OCCC)nn3ccccc23)C(N)=CC1=N. The van der Waals surface area contributed by atoms with E-state index in [1.807, 2.05) is 62.6 Å². The van der Waals surface area contributed by atoms with Gasteiger partial charge in [-0.05, 0) is 43.2 Å². The fourth-order valence-electron chi connectivity index (χ4n) is 3.68. The van der Waals surface area contributed by atoms with Gasteiger partial charge in [-0.1, -0.05) is 26.0 Å². The third-order valence-electron chi connectivity index (χ3n) is 5.36. The molecule has 0 amide bonds. The number of aromatic nitrogens is 4. The number of nitrogens with one attached hydrogen (secondary N) is 2. The number of amidine groups is 2. The highest BCUT2D eigenvalue weighted by molar-refractivity contribution is 6.50. The van der Waals surface area contributed by atoms with Crippen molar-refractivity contribution in [3.8, 4) is 11.8 Å². The predicted octanol–water partition coefficient (Wildman–Crippen LogP) is 3.79. The lowest BCUT2D eigenvalue weighted by molar-refractivity contribution is 0.304. The molecule has 0 bridgehead atoms. The maximum absolute atomic E-state index is 8.49. The molecular formula is C25H27N9O2. The largest absolute Gasteiger partial charge is 0.475 e. The molecule has 4 N–H and O–H groups in total. The van der Waals surface area contributed by atoms with E-state index < -0.39 is 0 Å². The highest BCUT2D eigenvalue weighted by Gasteiger charge is 2.23.